The molecule has 1 fully saturated rings. The molecule has 1 aliphatic heterocycles. The predicted molar refractivity (Wildman–Crippen MR) is 77.4 cm³/mol. The Morgan fingerprint density at radius 3 is 3.05 bits per heavy atom. The Hall–Kier alpha value is -1.62. The first kappa shape index (κ1) is 13.4. The summed E-state index contributed by atoms with van der Waals surface area (Å²) < 4.78 is 15.6. The van der Waals surface area contributed by atoms with E-state index in [0.717, 1.165) is 19.5 Å². The molecule has 20 heavy (non-hydrogen) atoms. The quantitative estimate of drug-likeness (QED) is 0.935. The van der Waals surface area contributed by atoms with Crippen molar-refractivity contribution in [3.8, 4) is 0 Å². The van der Waals surface area contributed by atoms with E-state index in [1.807, 2.05) is 0 Å². The molecule has 1 aromatic heterocycles. The number of rotatable bonds is 3. The van der Waals surface area contributed by atoms with Gasteiger partial charge in [0.05, 0.1) is 5.52 Å². The summed E-state index contributed by atoms with van der Waals surface area (Å²) in [5.41, 5.74) is 0.764. The first-order chi connectivity index (χ1) is 9.70. The number of piperidine rings is 1. The van der Waals surface area contributed by atoms with Gasteiger partial charge >= 0.3 is 5.69 Å². The third kappa shape index (κ3) is 2.26. The molecule has 0 amide bonds. The van der Waals surface area contributed by atoms with Gasteiger partial charge < -0.3 is 4.98 Å². The third-order valence-corrected chi connectivity index (χ3v) is 4.29. The second kappa shape index (κ2) is 5.40. The molecule has 5 heteroatoms. The molecule has 108 valence electrons. The van der Waals surface area contributed by atoms with Crippen LogP contribution in [0.25, 0.3) is 11.0 Å². The molecule has 1 N–H and O–H groups in total. The zero-order valence-corrected chi connectivity index (χ0v) is 11.7. The second-order valence-electron chi connectivity index (χ2n) is 5.45. The van der Waals surface area contributed by atoms with E-state index >= 15 is 0 Å². The number of likely N-dealkylation sites (N-methyl/N-ethyl adjacent to an activating group) is 1. The van der Waals surface area contributed by atoms with Crippen LogP contribution in [0.1, 0.15) is 26.2 Å². The van der Waals surface area contributed by atoms with Crippen LogP contribution in [0.2, 0.25) is 0 Å². The summed E-state index contributed by atoms with van der Waals surface area (Å²) in [6.07, 6.45) is 3.46. The topological polar surface area (TPSA) is 41.0 Å². The maximum absolute atomic E-state index is 14.0. The number of H-pyrrole nitrogens is 1. The van der Waals surface area contributed by atoms with E-state index in [2.05, 4.69) is 16.8 Å². The van der Waals surface area contributed by atoms with E-state index in [9.17, 15) is 9.18 Å². The van der Waals surface area contributed by atoms with Gasteiger partial charge in [-0.25, -0.2) is 9.18 Å². The monoisotopic (exact) mass is 277 g/mol. The minimum absolute atomic E-state index is 0.216. The number of aromatic amines is 1. The fourth-order valence-electron chi connectivity index (χ4n) is 3.24. The van der Waals surface area contributed by atoms with Gasteiger partial charge in [0.25, 0.3) is 0 Å². The number of hydrogen-bond donors (Lipinski definition) is 1. The Bertz CT molecular complexity index is 661. The Kier molecular flexibility index (Phi) is 3.61. The Morgan fingerprint density at radius 1 is 1.40 bits per heavy atom. The van der Waals surface area contributed by atoms with Crippen molar-refractivity contribution >= 4 is 11.0 Å². The standard InChI is InChI=1S/C15H20FN3O/c1-2-18-9-4-3-6-11(18)10-19-14-12(16)7-5-8-13(14)17-15(19)20/h5,7-8,11H,2-4,6,9-10H2,1H3,(H,17,20). The fourth-order valence-corrected chi connectivity index (χ4v) is 3.24. The van der Waals surface area contributed by atoms with Gasteiger partial charge in [-0.1, -0.05) is 19.4 Å². The molecular weight excluding hydrogens is 257 g/mol. The fraction of sp³-hybridized carbons (Fsp3) is 0.533. The molecule has 1 unspecified atom stereocenters. The molecule has 3 rings (SSSR count). The highest BCUT2D eigenvalue weighted by atomic mass is 19.1. The maximum atomic E-state index is 14.0. The highest BCUT2D eigenvalue weighted by Gasteiger charge is 2.23. The lowest BCUT2D eigenvalue weighted by Gasteiger charge is -2.34. The minimum Gasteiger partial charge on any atom is -0.305 e. The van der Waals surface area contributed by atoms with Gasteiger partial charge in [-0.15, -0.1) is 0 Å². The molecule has 2 aromatic rings. The minimum atomic E-state index is -0.334. The van der Waals surface area contributed by atoms with Crippen LogP contribution < -0.4 is 5.69 Å². The summed E-state index contributed by atoms with van der Waals surface area (Å²) in [5, 5.41) is 0. The van der Waals surface area contributed by atoms with Crippen molar-refractivity contribution < 1.29 is 4.39 Å². The number of fused-ring (bicyclic) bond motifs is 1. The first-order valence-corrected chi connectivity index (χ1v) is 7.31. The summed E-state index contributed by atoms with van der Waals surface area (Å²) in [4.78, 5) is 17.2. The molecule has 0 bridgehead atoms. The van der Waals surface area contributed by atoms with Crippen LogP contribution >= 0.6 is 0 Å². The average molecular weight is 277 g/mol. The van der Waals surface area contributed by atoms with Crippen molar-refractivity contribution in [2.24, 2.45) is 0 Å². The van der Waals surface area contributed by atoms with Gasteiger partial charge in [-0.3, -0.25) is 9.47 Å². The summed E-state index contributed by atoms with van der Waals surface area (Å²) in [6.45, 7) is 4.75. The van der Waals surface area contributed by atoms with Crippen molar-refractivity contribution in [3.05, 3.63) is 34.5 Å². The number of nitrogens with zero attached hydrogens (tertiary/aromatic N) is 2. The SMILES string of the molecule is CCN1CCCCC1Cn1c(=O)[nH]c2cccc(F)c21. The smallest absolute Gasteiger partial charge is 0.305 e. The number of hydrogen-bond acceptors (Lipinski definition) is 2. The Labute approximate surface area is 117 Å². The lowest BCUT2D eigenvalue weighted by atomic mass is 10.0. The van der Waals surface area contributed by atoms with E-state index < -0.39 is 0 Å². The van der Waals surface area contributed by atoms with Gasteiger partial charge in [-0.05, 0) is 38.1 Å². The summed E-state index contributed by atoms with van der Waals surface area (Å²) in [7, 11) is 0. The molecule has 0 spiro atoms. The van der Waals surface area contributed by atoms with Crippen molar-refractivity contribution in [2.75, 3.05) is 13.1 Å². The van der Waals surface area contributed by atoms with E-state index in [-0.39, 0.29) is 11.5 Å². The third-order valence-electron chi connectivity index (χ3n) is 4.29. The van der Waals surface area contributed by atoms with Crippen molar-refractivity contribution in [2.45, 2.75) is 38.8 Å². The van der Waals surface area contributed by atoms with Gasteiger partial charge in [0.15, 0.2) is 0 Å². The summed E-state index contributed by atoms with van der Waals surface area (Å²) in [6, 6.07) is 5.10. The van der Waals surface area contributed by atoms with Crippen LogP contribution in [-0.4, -0.2) is 33.6 Å². The van der Waals surface area contributed by atoms with Crippen LogP contribution in [0.3, 0.4) is 0 Å². The molecule has 2 heterocycles. The van der Waals surface area contributed by atoms with E-state index in [1.54, 1.807) is 16.7 Å². The van der Waals surface area contributed by atoms with E-state index in [4.69, 9.17) is 0 Å². The summed E-state index contributed by atoms with van der Waals surface area (Å²) >= 11 is 0. The largest absolute Gasteiger partial charge is 0.326 e. The Morgan fingerprint density at radius 2 is 2.25 bits per heavy atom. The maximum Gasteiger partial charge on any atom is 0.326 e. The molecule has 0 radical (unpaired) electrons. The molecular formula is C15H20FN3O. The van der Waals surface area contributed by atoms with Crippen LogP contribution in [-0.2, 0) is 6.54 Å². The summed E-state index contributed by atoms with van der Waals surface area (Å²) in [5.74, 6) is -0.334. The van der Waals surface area contributed by atoms with Gasteiger partial charge in [0.2, 0.25) is 0 Å². The average Bonchev–Trinajstić information content (AvgIpc) is 2.77. The number of para-hydroxylation sites is 1. The Balaban J connectivity index is 1.98. The molecule has 1 saturated heterocycles. The molecule has 0 saturated carbocycles. The van der Waals surface area contributed by atoms with E-state index in [0.29, 0.717) is 23.6 Å². The van der Waals surface area contributed by atoms with Crippen LogP contribution in [0.5, 0.6) is 0 Å². The molecule has 4 nitrogen and oxygen atoms in total. The zero-order chi connectivity index (χ0) is 14.1. The molecule has 1 atom stereocenters. The highest BCUT2D eigenvalue weighted by molar-refractivity contribution is 5.75. The molecule has 1 aromatic carbocycles. The lowest BCUT2D eigenvalue weighted by molar-refractivity contribution is 0.140. The molecule has 0 aliphatic carbocycles. The number of benzene rings is 1. The van der Waals surface area contributed by atoms with Crippen molar-refractivity contribution in [3.63, 3.8) is 0 Å². The number of nitrogens with one attached hydrogen (secondary N) is 1. The van der Waals surface area contributed by atoms with E-state index in [1.165, 1.54) is 18.9 Å². The van der Waals surface area contributed by atoms with Crippen molar-refractivity contribution in [1.29, 1.82) is 0 Å². The number of aromatic nitrogens is 2. The lowest BCUT2D eigenvalue weighted by Crippen LogP contribution is -2.43. The van der Waals surface area contributed by atoms with Crippen LogP contribution in [0, 0.1) is 5.82 Å². The number of halogens is 1. The first-order valence-electron chi connectivity index (χ1n) is 7.31. The molecule has 1 aliphatic rings. The number of likely N-dealkylation sites (tertiary alicyclic amines) is 1. The highest BCUT2D eigenvalue weighted by Crippen LogP contribution is 2.20. The number of imidazole rings is 1. The second-order valence-corrected chi connectivity index (χ2v) is 5.45. The van der Waals surface area contributed by atoms with Crippen LogP contribution in [0.4, 0.5) is 4.39 Å². The van der Waals surface area contributed by atoms with Gasteiger partial charge in [0.1, 0.15) is 11.3 Å². The normalized spacial score (nSPS) is 20.6. The predicted octanol–water partition coefficient (Wildman–Crippen LogP) is 2.34. The van der Waals surface area contributed by atoms with Gasteiger partial charge in [-0.2, -0.15) is 0 Å². The zero-order valence-electron chi connectivity index (χ0n) is 11.7. The van der Waals surface area contributed by atoms with Crippen molar-refractivity contribution in [1.82, 2.24) is 14.5 Å². The van der Waals surface area contributed by atoms with Crippen LogP contribution in [0.15, 0.2) is 23.0 Å². The van der Waals surface area contributed by atoms with Gasteiger partial charge in [0, 0.05) is 12.6 Å².